The van der Waals surface area contributed by atoms with Crippen LogP contribution in [0.3, 0.4) is 0 Å². The Labute approximate surface area is 174 Å². The van der Waals surface area contributed by atoms with Gasteiger partial charge in [-0.1, -0.05) is 29.8 Å². The van der Waals surface area contributed by atoms with Crippen LogP contribution in [0.25, 0.3) is 0 Å². The van der Waals surface area contributed by atoms with Gasteiger partial charge in [-0.25, -0.2) is 13.1 Å². The summed E-state index contributed by atoms with van der Waals surface area (Å²) in [6.45, 7) is 0.570. The van der Waals surface area contributed by atoms with E-state index in [1.54, 1.807) is 23.1 Å². The number of carbonyl (C=O) groups is 1. The van der Waals surface area contributed by atoms with Gasteiger partial charge in [-0.15, -0.1) is 0 Å². The molecule has 2 heterocycles. The molecule has 0 unspecified atom stereocenters. The fourth-order valence-electron chi connectivity index (χ4n) is 3.40. The highest BCUT2D eigenvalue weighted by Crippen LogP contribution is 2.29. The molecule has 0 atom stereocenters. The van der Waals surface area contributed by atoms with E-state index in [1.807, 2.05) is 24.3 Å². The first-order valence-corrected chi connectivity index (χ1v) is 11.0. The van der Waals surface area contributed by atoms with Crippen molar-refractivity contribution in [3.8, 4) is 0 Å². The molecule has 29 heavy (non-hydrogen) atoms. The average Bonchev–Trinajstić information content (AvgIpc) is 3.25. The average molecular weight is 431 g/mol. The number of benzene rings is 2. The zero-order valence-electron chi connectivity index (χ0n) is 15.5. The van der Waals surface area contributed by atoms with Gasteiger partial charge in [0, 0.05) is 17.8 Å². The van der Waals surface area contributed by atoms with Gasteiger partial charge in [0.05, 0.1) is 17.8 Å². The summed E-state index contributed by atoms with van der Waals surface area (Å²) in [5.74, 6) is 0.221. The third kappa shape index (κ3) is 4.07. The second-order valence-corrected chi connectivity index (χ2v) is 8.88. The summed E-state index contributed by atoms with van der Waals surface area (Å²) >= 11 is 6.15. The van der Waals surface area contributed by atoms with Crippen LogP contribution in [-0.2, 0) is 23.0 Å². The summed E-state index contributed by atoms with van der Waals surface area (Å²) in [6, 6.07) is 15.4. The fraction of sp³-hybridized carbons (Fsp3) is 0.190. The van der Waals surface area contributed by atoms with Gasteiger partial charge >= 0.3 is 0 Å². The zero-order valence-corrected chi connectivity index (χ0v) is 17.0. The minimum Gasteiger partial charge on any atom is -0.468 e. The number of hydrogen-bond acceptors (Lipinski definition) is 4. The first-order chi connectivity index (χ1) is 14.0. The van der Waals surface area contributed by atoms with E-state index in [0.29, 0.717) is 12.3 Å². The lowest BCUT2D eigenvalue weighted by Gasteiger charge is -2.29. The second-order valence-electron chi connectivity index (χ2n) is 6.74. The van der Waals surface area contributed by atoms with Crippen molar-refractivity contribution in [2.24, 2.45) is 0 Å². The van der Waals surface area contributed by atoms with Crippen LogP contribution in [-0.4, -0.2) is 20.9 Å². The number of fused-ring (bicyclic) bond motifs is 1. The molecule has 6 nitrogen and oxygen atoms in total. The first-order valence-electron chi connectivity index (χ1n) is 9.17. The lowest BCUT2D eigenvalue weighted by atomic mass is 10.0. The Morgan fingerprint density at radius 1 is 1.14 bits per heavy atom. The molecule has 0 spiro atoms. The lowest BCUT2D eigenvalue weighted by molar-refractivity contribution is 0.0985. The summed E-state index contributed by atoms with van der Waals surface area (Å²) in [5, 5.41) is 0.0486. The quantitative estimate of drug-likeness (QED) is 0.663. The number of nitrogens with zero attached hydrogens (tertiary/aromatic N) is 1. The van der Waals surface area contributed by atoms with Crippen molar-refractivity contribution in [2.75, 3.05) is 11.4 Å². The summed E-state index contributed by atoms with van der Waals surface area (Å²) < 4.78 is 33.1. The maximum atomic E-state index is 13.2. The van der Waals surface area contributed by atoms with Gasteiger partial charge in [-0.2, -0.15) is 0 Å². The number of nitrogens with one attached hydrogen (secondary N) is 1. The van der Waals surface area contributed by atoms with Crippen molar-refractivity contribution >= 4 is 33.2 Å². The molecule has 1 aromatic heterocycles. The second kappa shape index (κ2) is 8.02. The highest BCUT2D eigenvalue weighted by atomic mass is 35.5. The van der Waals surface area contributed by atoms with Gasteiger partial charge in [0.25, 0.3) is 5.91 Å². The van der Waals surface area contributed by atoms with Gasteiger partial charge in [0.2, 0.25) is 10.0 Å². The van der Waals surface area contributed by atoms with Crippen molar-refractivity contribution < 1.29 is 17.6 Å². The van der Waals surface area contributed by atoms with Gasteiger partial charge in [0.1, 0.15) is 10.7 Å². The van der Waals surface area contributed by atoms with E-state index in [1.165, 1.54) is 18.4 Å². The Morgan fingerprint density at radius 3 is 2.76 bits per heavy atom. The van der Waals surface area contributed by atoms with Crippen LogP contribution in [0.15, 0.2) is 70.2 Å². The van der Waals surface area contributed by atoms with Crippen LogP contribution < -0.4 is 9.62 Å². The number of hydrogen-bond donors (Lipinski definition) is 1. The number of para-hydroxylation sites is 1. The Hall–Kier alpha value is -2.61. The van der Waals surface area contributed by atoms with Crippen molar-refractivity contribution in [1.82, 2.24) is 4.72 Å². The smallest absolute Gasteiger partial charge is 0.258 e. The monoisotopic (exact) mass is 430 g/mol. The molecular weight excluding hydrogens is 412 g/mol. The predicted octanol–water partition coefficient (Wildman–Crippen LogP) is 4.00. The number of carbonyl (C=O) groups excluding carboxylic acids is 1. The number of anilines is 1. The molecule has 0 fully saturated rings. The highest BCUT2D eigenvalue weighted by Gasteiger charge is 2.26. The predicted molar refractivity (Wildman–Crippen MR) is 111 cm³/mol. The van der Waals surface area contributed by atoms with Crippen LogP contribution in [0, 0.1) is 0 Å². The molecule has 0 saturated carbocycles. The van der Waals surface area contributed by atoms with Crippen LogP contribution in [0.4, 0.5) is 5.69 Å². The first kappa shape index (κ1) is 19.7. The molecule has 0 bridgehead atoms. The third-order valence-corrected chi connectivity index (χ3v) is 6.72. The van der Waals surface area contributed by atoms with Crippen molar-refractivity contribution in [3.05, 3.63) is 82.8 Å². The van der Waals surface area contributed by atoms with E-state index in [9.17, 15) is 13.2 Å². The molecule has 1 aliphatic heterocycles. The van der Waals surface area contributed by atoms with E-state index in [4.69, 9.17) is 16.0 Å². The molecule has 0 saturated heterocycles. The Balaban J connectivity index is 1.62. The maximum absolute atomic E-state index is 13.2. The Morgan fingerprint density at radius 2 is 1.97 bits per heavy atom. The molecule has 8 heteroatoms. The Bertz CT molecular complexity index is 1140. The van der Waals surface area contributed by atoms with E-state index in [-0.39, 0.29) is 27.9 Å². The molecule has 150 valence electrons. The topological polar surface area (TPSA) is 79.6 Å². The minimum atomic E-state index is -3.93. The summed E-state index contributed by atoms with van der Waals surface area (Å²) in [4.78, 5) is 14.7. The van der Waals surface area contributed by atoms with Crippen molar-refractivity contribution in [1.29, 1.82) is 0 Å². The van der Waals surface area contributed by atoms with Crippen LogP contribution in [0.1, 0.15) is 28.1 Å². The SMILES string of the molecule is O=C(c1ccc(Cl)c(S(=O)(=O)NCc2ccco2)c1)N1CCCc2ccccc21. The summed E-state index contributed by atoms with van der Waals surface area (Å²) in [7, 11) is -3.93. The molecule has 4 rings (SSSR count). The van der Waals surface area contributed by atoms with E-state index in [0.717, 1.165) is 24.1 Å². The standard InChI is InChI=1S/C21H19ClN2O4S/c22-18-10-9-16(13-20(18)29(26,27)23-14-17-7-4-12-28-17)21(25)24-11-3-6-15-5-1-2-8-19(15)24/h1-2,4-5,7-10,12-13,23H,3,6,11,14H2. The number of rotatable bonds is 5. The van der Waals surface area contributed by atoms with Crippen molar-refractivity contribution in [2.45, 2.75) is 24.3 Å². The van der Waals surface area contributed by atoms with Gasteiger partial charge in [0.15, 0.2) is 0 Å². The zero-order chi connectivity index (χ0) is 20.4. The van der Waals surface area contributed by atoms with Gasteiger partial charge in [-0.3, -0.25) is 4.79 Å². The molecule has 1 aliphatic rings. The molecule has 2 aromatic carbocycles. The largest absolute Gasteiger partial charge is 0.468 e. The van der Waals surface area contributed by atoms with Crippen LogP contribution in [0.5, 0.6) is 0 Å². The number of sulfonamides is 1. The fourth-order valence-corrected chi connectivity index (χ4v) is 4.92. The normalized spacial score (nSPS) is 13.9. The number of aryl methyl sites for hydroxylation is 1. The minimum absolute atomic E-state index is 0.0106. The molecule has 1 N–H and O–H groups in total. The van der Waals surface area contributed by atoms with E-state index in [2.05, 4.69) is 4.72 Å². The lowest BCUT2D eigenvalue weighted by Crippen LogP contribution is -2.35. The summed E-state index contributed by atoms with van der Waals surface area (Å²) in [5.41, 5.74) is 2.23. The van der Waals surface area contributed by atoms with Crippen LogP contribution in [0.2, 0.25) is 5.02 Å². The molecule has 0 aliphatic carbocycles. The third-order valence-electron chi connectivity index (χ3n) is 4.84. The van der Waals surface area contributed by atoms with E-state index < -0.39 is 10.0 Å². The number of halogens is 1. The number of amides is 1. The molecular formula is C21H19ClN2O4S. The van der Waals surface area contributed by atoms with Gasteiger partial charge in [-0.05, 0) is 54.8 Å². The van der Waals surface area contributed by atoms with Crippen LogP contribution >= 0.6 is 11.6 Å². The molecule has 0 radical (unpaired) electrons. The van der Waals surface area contributed by atoms with E-state index >= 15 is 0 Å². The molecule has 3 aromatic rings. The number of furan rings is 1. The van der Waals surface area contributed by atoms with Crippen molar-refractivity contribution in [3.63, 3.8) is 0 Å². The van der Waals surface area contributed by atoms with Gasteiger partial charge < -0.3 is 9.32 Å². The molecule has 1 amide bonds. The highest BCUT2D eigenvalue weighted by molar-refractivity contribution is 7.89. The Kier molecular flexibility index (Phi) is 5.45. The maximum Gasteiger partial charge on any atom is 0.258 e. The summed E-state index contributed by atoms with van der Waals surface area (Å²) in [6.07, 6.45) is 3.23.